The Morgan fingerprint density at radius 3 is 2.81 bits per heavy atom. The Hall–Kier alpha value is -0.500. The van der Waals surface area contributed by atoms with E-state index < -0.39 is 0 Å². The maximum Gasteiger partial charge on any atom is 0.108 e. The molecule has 0 bridgehead atoms. The Balaban J connectivity index is 1.85. The Bertz CT molecular complexity index is 315. The minimum absolute atomic E-state index is 0.695. The average Bonchev–Trinajstić information content (AvgIpc) is 2.92. The van der Waals surface area contributed by atoms with Gasteiger partial charge < -0.3 is 4.57 Å². The quantitative estimate of drug-likeness (QED) is 0.722. The van der Waals surface area contributed by atoms with Crippen LogP contribution < -0.4 is 0 Å². The molecule has 1 atom stereocenters. The van der Waals surface area contributed by atoms with E-state index in [-0.39, 0.29) is 0 Å². The molecule has 1 aliphatic carbocycles. The summed E-state index contributed by atoms with van der Waals surface area (Å²) < 4.78 is 2.11. The molecule has 0 radical (unpaired) electrons. The van der Waals surface area contributed by atoms with Gasteiger partial charge >= 0.3 is 0 Å². The van der Waals surface area contributed by atoms with Crippen molar-refractivity contribution in [3.05, 3.63) is 18.2 Å². The molecule has 16 heavy (non-hydrogen) atoms. The second-order valence-electron chi connectivity index (χ2n) is 4.95. The first-order valence-corrected chi connectivity index (χ1v) is 6.87. The number of rotatable bonds is 5. The molecular formula is C13H21ClN2. The molecule has 1 heterocycles. The lowest BCUT2D eigenvalue weighted by molar-refractivity contribution is 0.347. The zero-order valence-corrected chi connectivity index (χ0v) is 10.8. The zero-order chi connectivity index (χ0) is 11.4. The third-order valence-electron chi connectivity index (χ3n) is 3.92. The van der Waals surface area contributed by atoms with Crippen molar-refractivity contribution >= 4 is 11.6 Å². The Morgan fingerprint density at radius 2 is 2.25 bits per heavy atom. The van der Waals surface area contributed by atoms with E-state index in [1.807, 2.05) is 12.4 Å². The second-order valence-corrected chi connectivity index (χ2v) is 5.26. The van der Waals surface area contributed by atoms with E-state index in [9.17, 15) is 0 Å². The van der Waals surface area contributed by atoms with Crippen LogP contribution in [0.1, 0.15) is 37.9 Å². The summed E-state index contributed by atoms with van der Waals surface area (Å²) in [6, 6.07) is 0. The molecule has 2 rings (SSSR count). The first-order valence-electron chi connectivity index (χ1n) is 6.33. The lowest BCUT2D eigenvalue weighted by Crippen LogP contribution is -2.15. The van der Waals surface area contributed by atoms with Gasteiger partial charge in [0.2, 0.25) is 0 Å². The molecule has 90 valence electrons. The van der Waals surface area contributed by atoms with Crippen LogP contribution in [0.3, 0.4) is 0 Å². The third-order valence-corrected chi connectivity index (χ3v) is 4.32. The van der Waals surface area contributed by atoms with Crippen LogP contribution in [0.5, 0.6) is 0 Å². The Labute approximate surface area is 103 Å². The number of hydrogen-bond acceptors (Lipinski definition) is 1. The fraction of sp³-hybridized carbons (Fsp3) is 0.769. The smallest absolute Gasteiger partial charge is 0.108 e. The molecule has 1 fully saturated rings. The number of aromatic nitrogens is 2. The van der Waals surface area contributed by atoms with Crippen LogP contribution in [0.25, 0.3) is 0 Å². The molecule has 0 aromatic carbocycles. The Kier molecular flexibility index (Phi) is 4.28. The number of halogens is 1. The third kappa shape index (κ3) is 2.79. The summed E-state index contributed by atoms with van der Waals surface area (Å²) in [5.74, 6) is 3.57. The highest BCUT2D eigenvalue weighted by Crippen LogP contribution is 2.34. The molecule has 1 aromatic rings. The minimum atomic E-state index is 0.695. The number of alkyl halides is 1. The summed E-state index contributed by atoms with van der Waals surface area (Å²) in [6.07, 6.45) is 11.7. The summed E-state index contributed by atoms with van der Waals surface area (Å²) in [5, 5.41) is 0. The van der Waals surface area contributed by atoms with Crippen molar-refractivity contribution in [2.45, 2.75) is 38.5 Å². The van der Waals surface area contributed by atoms with Gasteiger partial charge in [0.25, 0.3) is 0 Å². The molecule has 1 aromatic heterocycles. The normalized spacial score (nSPS) is 19.1. The van der Waals surface area contributed by atoms with Gasteiger partial charge in [0.1, 0.15) is 5.82 Å². The van der Waals surface area contributed by atoms with Gasteiger partial charge in [-0.15, -0.1) is 11.6 Å². The fourth-order valence-corrected chi connectivity index (χ4v) is 3.23. The molecule has 1 unspecified atom stereocenters. The van der Waals surface area contributed by atoms with Crippen molar-refractivity contribution in [3.63, 3.8) is 0 Å². The molecule has 3 heteroatoms. The molecule has 1 aliphatic rings. The van der Waals surface area contributed by atoms with Crippen molar-refractivity contribution < 1.29 is 0 Å². The van der Waals surface area contributed by atoms with E-state index in [0.29, 0.717) is 5.92 Å². The number of hydrogen-bond donors (Lipinski definition) is 0. The van der Waals surface area contributed by atoms with E-state index in [0.717, 1.165) is 18.2 Å². The summed E-state index contributed by atoms with van der Waals surface area (Å²) >= 11 is 6.10. The number of imidazole rings is 1. The monoisotopic (exact) mass is 240 g/mol. The molecule has 0 spiro atoms. The number of nitrogens with zero attached hydrogens (tertiary/aromatic N) is 2. The molecule has 0 aliphatic heterocycles. The highest BCUT2D eigenvalue weighted by Gasteiger charge is 2.24. The van der Waals surface area contributed by atoms with Gasteiger partial charge in [0, 0.05) is 31.7 Å². The van der Waals surface area contributed by atoms with Gasteiger partial charge in [-0.05, 0) is 18.3 Å². The summed E-state index contributed by atoms with van der Waals surface area (Å²) in [7, 11) is 2.06. The maximum atomic E-state index is 6.10. The SMILES string of the molecule is Cn1ccnc1CCC(CCl)C1CCCC1. The summed E-state index contributed by atoms with van der Waals surface area (Å²) in [4.78, 5) is 4.37. The van der Waals surface area contributed by atoms with Gasteiger partial charge in [-0.2, -0.15) is 0 Å². The van der Waals surface area contributed by atoms with Gasteiger partial charge in [-0.3, -0.25) is 0 Å². The predicted molar refractivity (Wildman–Crippen MR) is 67.7 cm³/mol. The fourth-order valence-electron chi connectivity index (χ4n) is 2.82. The van der Waals surface area contributed by atoms with Gasteiger partial charge in [0.15, 0.2) is 0 Å². The highest BCUT2D eigenvalue weighted by atomic mass is 35.5. The molecular weight excluding hydrogens is 220 g/mol. The standard InChI is InChI=1S/C13H21ClN2/c1-16-9-8-15-13(16)7-6-12(10-14)11-4-2-3-5-11/h8-9,11-12H,2-7,10H2,1H3. The van der Waals surface area contributed by atoms with Gasteiger partial charge in [-0.1, -0.05) is 25.7 Å². The van der Waals surface area contributed by atoms with Crippen LogP contribution in [0.2, 0.25) is 0 Å². The van der Waals surface area contributed by atoms with Crippen LogP contribution in [0.4, 0.5) is 0 Å². The van der Waals surface area contributed by atoms with E-state index in [1.165, 1.54) is 37.9 Å². The first kappa shape index (κ1) is 12.0. The van der Waals surface area contributed by atoms with E-state index >= 15 is 0 Å². The van der Waals surface area contributed by atoms with E-state index in [1.54, 1.807) is 0 Å². The summed E-state index contributed by atoms with van der Waals surface area (Å²) in [5.41, 5.74) is 0. The lowest BCUT2D eigenvalue weighted by atomic mass is 9.88. The first-order chi connectivity index (χ1) is 7.81. The van der Waals surface area contributed by atoms with E-state index in [2.05, 4.69) is 16.6 Å². The minimum Gasteiger partial charge on any atom is -0.338 e. The van der Waals surface area contributed by atoms with Gasteiger partial charge in [0.05, 0.1) is 0 Å². The molecule has 0 N–H and O–H groups in total. The molecule has 0 saturated heterocycles. The maximum absolute atomic E-state index is 6.10. The lowest BCUT2D eigenvalue weighted by Gasteiger charge is -2.20. The van der Waals surface area contributed by atoms with Crippen LogP contribution in [-0.2, 0) is 13.5 Å². The van der Waals surface area contributed by atoms with Crippen LogP contribution in [0.15, 0.2) is 12.4 Å². The predicted octanol–water partition coefficient (Wildman–Crippen LogP) is 3.40. The van der Waals surface area contributed by atoms with Crippen molar-refractivity contribution in [2.24, 2.45) is 18.9 Å². The Morgan fingerprint density at radius 1 is 1.50 bits per heavy atom. The topological polar surface area (TPSA) is 17.8 Å². The second kappa shape index (κ2) is 5.72. The van der Waals surface area contributed by atoms with E-state index in [4.69, 9.17) is 11.6 Å². The molecule has 2 nitrogen and oxygen atoms in total. The molecule has 0 amide bonds. The van der Waals surface area contributed by atoms with Crippen molar-refractivity contribution in [1.29, 1.82) is 0 Å². The average molecular weight is 241 g/mol. The van der Waals surface area contributed by atoms with Crippen molar-refractivity contribution in [3.8, 4) is 0 Å². The number of aryl methyl sites for hydroxylation is 2. The van der Waals surface area contributed by atoms with Gasteiger partial charge in [-0.25, -0.2) is 4.98 Å². The van der Waals surface area contributed by atoms with Crippen LogP contribution >= 0.6 is 11.6 Å². The van der Waals surface area contributed by atoms with Crippen molar-refractivity contribution in [2.75, 3.05) is 5.88 Å². The summed E-state index contributed by atoms with van der Waals surface area (Å²) in [6.45, 7) is 0. The zero-order valence-electron chi connectivity index (χ0n) is 10.0. The van der Waals surface area contributed by atoms with Crippen LogP contribution in [-0.4, -0.2) is 15.4 Å². The van der Waals surface area contributed by atoms with Crippen LogP contribution in [0, 0.1) is 11.8 Å². The largest absolute Gasteiger partial charge is 0.338 e. The van der Waals surface area contributed by atoms with Crippen molar-refractivity contribution in [1.82, 2.24) is 9.55 Å². The highest BCUT2D eigenvalue weighted by molar-refractivity contribution is 6.18. The molecule has 1 saturated carbocycles.